The van der Waals surface area contributed by atoms with Crippen molar-refractivity contribution in [3.8, 4) is 5.75 Å². The highest BCUT2D eigenvalue weighted by atomic mass is 79.9. The maximum Gasteiger partial charge on any atom is 0.156 e. The largest absolute Gasteiger partial charge is 0.490 e. The van der Waals surface area contributed by atoms with Crippen LogP contribution in [0.25, 0.3) is 0 Å². The Labute approximate surface area is 109 Å². The number of hydrogen-bond donors (Lipinski definition) is 0. The van der Waals surface area contributed by atoms with Gasteiger partial charge in [0.1, 0.15) is 0 Å². The molecule has 0 aliphatic rings. The predicted octanol–water partition coefficient (Wildman–Crippen LogP) is 4.79. The first-order valence-electron chi connectivity index (χ1n) is 4.59. The first kappa shape index (κ1) is 13.1. The van der Waals surface area contributed by atoms with Crippen LogP contribution in [0.1, 0.15) is 13.8 Å². The zero-order valence-electron chi connectivity index (χ0n) is 8.69. The first-order valence-corrected chi connectivity index (χ1v) is 6.47. The van der Waals surface area contributed by atoms with Gasteiger partial charge in [0.15, 0.2) is 5.75 Å². The van der Waals surface area contributed by atoms with Gasteiger partial charge in [-0.2, -0.15) is 0 Å². The summed E-state index contributed by atoms with van der Waals surface area (Å²) in [4.78, 5) is 0. The van der Waals surface area contributed by atoms with E-state index < -0.39 is 0 Å². The SMILES string of the molecule is CC(C)(CBr)COc1c(Cl)cccc1Cl. The number of hydrogen-bond acceptors (Lipinski definition) is 1. The number of halogens is 3. The third-order valence-electron chi connectivity index (χ3n) is 1.89. The van der Waals surface area contributed by atoms with Gasteiger partial charge in [-0.25, -0.2) is 0 Å². The van der Waals surface area contributed by atoms with Crippen LogP contribution < -0.4 is 4.74 Å². The maximum absolute atomic E-state index is 5.98. The zero-order chi connectivity index (χ0) is 11.5. The molecule has 0 aliphatic carbocycles. The summed E-state index contributed by atoms with van der Waals surface area (Å²) in [6, 6.07) is 5.33. The van der Waals surface area contributed by atoms with Crippen LogP contribution in [-0.2, 0) is 0 Å². The molecule has 1 nitrogen and oxygen atoms in total. The first-order chi connectivity index (χ1) is 6.96. The molecule has 0 bridgehead atoms. The molecule has 0 saturated carbocycles. The summed E-state index contributed by atoms with van der Waals surface area (Å²) < 4.78 is 5.63. The Morgan fingerprint density at radius 3 is 2.27 bits per heavy atom. The average Bonchev–Trinajstić information content (AvgIpc) is 2.17. The predicted molar refractivity (Wildman–Crippen MR) is 69.5 cm³/mol. The van der Waals surface area contributed by atoms with Crippen molar-refractivity contribution >= 4 is 39.1 Å². The van der Waals surface area contributed by atoms with Gasteiger partial charge in [0.05, 0.1) is 16.7 Å². The van der Waals surface area contributed by atoms with Gasteiger partial charge in [0, 0.05) is 10.7 Å². The van der Waals surface area contributed by atoms with Crippen molar-refractivity contribution in [3.63, 3.8) is 0 Å². The quantitative estimate of drug-likeness (QED) is 0.726. The van der Waals surface area contributed by atoms with Crippen molar-refractivity contribution in [2.24, 2.45) is 5.41 Å². The van der Waals surface area contributed by atoms with Crippen molar-refractivity contribution < 1.29 is 4.74 Å². The zero-order valence-corrected chi connectivity index (χ0v) is 11.8. The minimum Gasteiger partial charge on any atom is -0.490 e. The molecule has 0 N–H and O–H groups in total. The lowest BCUT2D eigenvalue weighted by molar-refractivity contribution is 0.203. The highest BCUT2D eigenvalue weighted by Gasteiger charge is 2.18. The topological polar surface area (TPSA) is 9.23 Å². The lowest BCUT2D eigenvalue weighted by Gasteiger charge is -2.22. The van der Waals surface area contributed by atoms with Crippen LogP contribution in [-0.4, -0.2) is 11.9 Å². The van der Waals surface area contributed by atoms with Gasteiger partial charge in [-0.05, 0) is 12.1 Å². The molecule has 1 rings (SSSR count). The molecular formula is C11H13BrCl2O. The van der Waals surface area contributed by atoms with Crippen LogP contribution in [0.3, 0.4) is 0 Å². The van der Waals surface area contributed by atoms with Crippen molar-refractivity contribution in [1.29, 1.82) is 0 Å². The molecule has 0 radical (unpaired) electrons. The summed E-state index contributed by atoms with van der Waals surface area (Å²) in [5.41, 5.74) is 0.0580. The van der Waals surface area contributed by atoms with E-state index in [2.05, 4.69) is 29.8 Å². The second-order valence-electron chi connectivity index (χ2n) is 4.14. The summed E-state index contributed by atoms with van der Waals surface area (Å²) >= 11 is 15.4. The summed E-state index contributed by atoms with van der Waals surface area (Å²) in [6.07, 6.45) is 0. The molecule has 0 atom stereocenters. The molecule has 4 heteroatoms. The van der Waals surface area contributed by atoms with Crippen LogP contribution in [0.5, 0.6) is 5.75 Å². The Hall–Kier alpha value is 0.0800. The molecule has 0 heterocycles. The third-order valence-corrected chi connectivity index (χ3v) is 4.00. The molecule has 84 valence electrons. The number of rotatable bonds is 4. The Morgan fingerprint density at radius 1 is 1.27 bits per heavy atom. The summed E-state index contributed by atoms with van der Waals surface area (Å²) in [7, 11) is 0. The fourth-order valence-corrected chi connectivity index (χ4v) is 1.59. The van der Waals surface area contributed by atoms with Gasteiger partial charge < -0.3 is 4.74 Å². The smallest absolute Gasteiger partial charge is 0.156 e. The second kappa shape index (κ2) is 5.42. The molecule has 0 amide bonds. The molecule has 0 saturated heterocycles. The summed E-state index contributed by atoms with van der Waals surface area (Å²) in [5.74, 6) is 0.565. The molecule has 1 aromatic rings. The van der Waals surface area contributed by atoms with Crippen LogP contribution >= 0.6 is 39.1 Å². The Balaban J connectivity index is 2.73. The van der Waals surface area contributed by atoms with Gasteiger partial charge in [-0.3, -0.25) is 0 Å². The third kappa shape index (κ3) is 3.86. The van der Waals surface area contributed by atoms with E-state index in [9.17, 15) is 0 Å². The van der Waals surface area contributed by atoms with E-state index in [0.717, 1.165) is 5.33 Å². The second-order valence-corrected chi connectivity index (χ2v) is 5.51. The lowest BCUT2D eigenvalue weighted by Crippen LogP contribution is -2.23. The van der Waals surface area contributed by atoms with Crippen molar-refractivity contribution in [3.05, 3.63) is 28.2 Å². The van der Waals surface area contributed by atoms with Crippen LogP contribution in [0.4, 0.5) is 0 Å². The van der Waals surface area contributed by atoms with E-state index in [1.807, 2.05) is 0 Å². The van der Waals surface area contributed by atoms with Gasteiger partial charge in [-0.15, -0.1) is 0 Å². The van der Waals surface area contributed by atoms with Crippen molar-refractivity contribution in [1.82, 2.24) is 0 Å². The number of para-hydroxylation sites is 1. The fraction of sp³-hybridized carbons (Fsp3) is 0.455. The van der Waals surface area contributed by atoms with E-state index in [1.165, 1.54) is 0 Å². The maximum atomic E-state index is 5.98. The van der Waals surface area contributed by atoms with E-state index in [-0.39, 0.29) is 5.41 Å². The highest BCUT2D eigenvalue weighted by molar-refractivity contribution is 9.09. The minimum absolute atomic E-state index is 0.0580. The number of alkyl halides is 1. The Morgan fingerprint density at radius 2 is 1.80 bits per heavy atom. The summed E-state index contributed by atoms with van der Waals surface area (Å²) in [6.45, 7) is 4.78. The molecule has 15 heavy (non-hydrogen) atoms. The molecule has 0 unspecified atom stereocenters. The standard InChI is InChI=1S/C11H13BrCl2O/c1-11(2,6-12)7-15-10-8(13)4-3-5-9(10)14/h3-5H,6-7H2,1-2H3. The van der Waals surface area contributed by atoms with Gasteiger partial charge in [-0.1, -0.05) is 59.0 Å². The van der Waals surface area contributed by atoms with E-state index in [1.54, 1.807) is 18.2 Å². The van der Waals surface area contributed by atoms with Crippen molar-refractivity contribution in [2.75, 3.05) is 11.9 Å². The van der Waals surface area contributed by atoms with E-state index in [4.69, 9.17) is 27.9 Å². The van der Waals surface area contributed by atoms with Gasteiger partial charge in [0.25, 0.3) is 0 Å². The molecule has 0 aromatic heterocycles. The molecule has 0 aliphatic heterocycles. The molecule has 1 aromatic carbocycles. The van der Waals surface area contributed by atoms with Crippen molar-refractivity contribution in [2.45, 2.75) is 13.8 Å². The Bertz CT molecular complexity index is 319. The molecular weight excluding hydrogens is 299 g/mol. The van der Waals surface area contributed by atoms with E-state index in [0.29, 0.717) is 22.4 Å². The monoisotopic (exact) mass is 310 g/mol. The van der Waals surface area contributed by atoms with Gasteiger partial charge in [0.2, 0.25) is 0 Å². The average molecular weight is 312 g/mol. The highest BCUT2D eigenvalue weighted by Crippen LogP contribution is 2.33. The van der Waals surface area contributed by atoms with E-state index >= 15 is 0 Å². The minimum atomic E-state index is 0.0580. The van der Waals surface area contributed by atoms with Crippen LogP contribution in [0, 0.1) is 5.41 Å². The van der Waals surface area contributed by atoms with Crippen LogP contribution in [0.2, 0.25) is 10.0 Å². The molecule has 0 spiro atoms. The van der Waals surface area contributed by atoms with Crippen LogP contribution in [0.15, 0.2) is 18.2 Å². The van der Waals surface area contributed by atoms with Gasteiger partial charge >= 0.3 is 0 Å². The summed E-state index contributed by atoms with van der Waals surface area (Å²) in [5, 5.41) is 1.96. The molecule has 0 fully saturated rings. The number of ether oxygens (including phenoxy) is 1. The lowest BCUT2D eigenvalue weighted by atomic mass is 9.98. The number of benzene rings is 1. The normalized spacial score (nSPS) is 11.5. The fourth-order valence-electron chi connectivity index (χ4n) is 0.927. The Kier molecular flexibility index (Phi) is 4.75.